The molecule has 1 atom stereocenters. The van der Waals surface area contributed by atoms with Gasteiger partial charge in [0, 0.05) is 17.4 Å². The molecule has 2 aromatic carbocycles. The van der Waals surface area contributed by atoms with Crippen molar-refractivity contribution in [3.05, 3.63) is 53.3 Å². The second kappa shape index (κ2) is 9.82. The van der Waals surface area contributed by atoms with Crippen molar-refractivity contribution < 1.29 is 27.1 Å². The Bertz CT molecular complexity index is 1190. The molecule has 2 fully saturated rings. The van der Waals surface area contributed by atoms with Crippen LogP contribution >= 0.6 is 12.6 Å². The highest BCUT2D eigenvalue weighted by atomic mass is 32.1. The van der Waals surface area contributed by atoms with E-state index in [1.54, 1.807) is 19.9 Å². The van der Waals surface area contributed by atoms with Crippen LogP contribution in [-0.2, 0) is 11.0 Å². The number of piperidine rings is 1. The number of amides is 1. The highest BCUT2D eigenvalue weighted by Crippen LogP contribution is 2.43. The fraction of sp³-hybridized carbons (Fsp3) is 0.440. The first-order valence-corrected chi connectivity index (χ1v) is 12.0. The van der Waals surface area contributed by atoms with Crippen LogP contribution < -0.4 is 19.9 Å². The van der Waals surface area contributed by atoms with Crippen LogP contribution in [0.15, 0.2) is 36.4 Å². The third kappa shape index (κ3) is 4.84. The lowest BCUT2D eigenvalue weighted by Crippen LogP contribution is -2.45. The van der Waals surface area contributed by atoms with E-state index in [0.29, 0.717) is 18.2 Å². The van der Waals surface area contributed by atoms with Gasteiger partial charge < -0.3 is 15.0 Å². The summed E-state index contributed by atoms with van der Waals surface area (Å²) < 4.78 is 61.2. The highest BCUT2D eigenvalue weighted by molar-refractivity contribution is 7.81. The molecule has 36 heavy (non-hydrogen) atoms. The molecule has 0 bridgehead atoms. The van der Waals surface area contributed by atoms with Gasteiger partial charge in [0.05, 0.1) is 23.8 Å². The number of ether oxygens (including phenoxy) is 1. The second-order valence-corrected chi connectivity index (χ2v) is 9.87. The third-order valence-corrected chi connectivity index (χ3v) is 7.10. The summed E-state index contributed by atoms with van der Waals surface area (Å²) in [7, 11) is 0. The lowest BCUT2D eigenvalue weighted by Gasteiger charge is -2.33. The fourth-order valence-electron chi connectivity index (χ4n) is 4.64. The molecule has 192 valence electrons. The molecule has 2 aliphatic heterocycles. The summed E-state index contributed by atoms with van der Waals surface area (Å²) in [6.07, 6.45) is -2.88. The van der Waals surface area contributed by atoms with Crippen LogP contribution in [0.2, 0.25) is 0 Å². The first kappa shape index (κ1) is 26.1. The number of nitrogens with zero attached hydrogens (tertiary/aromatic N) is 3. The molecule has 2 saturated heterocycles. The molecule has 0 radical (unpaired) electrons. The van der Waals surface area contributed by atoms with Crippen molar-refractivity contribution in [2.45, 2.75) is 43.9 Å². The highest BCUT2D eigenvalue weighted by Gasteiger charge is 2.51. The second-order valence-electron chi connectivity index (χ2n) is 9.41. The summed E-state index contributed by atoms with van der Waals surface area (Å²) in [6, 6.07) is 8.90. The van der Waals surface area contributed by atoms with Crippen molar-refractivity contribution >= 4 is 29.9 Å². The normalized spacial score (nSPS) is 20.5. The Hall–Kier alpha value is -2.97. The number of alkyl halides is 3. The molecular formula is C25H26F4N4O2S. The maximum absolute atomic E-state index is 15.0. The molecule has 2 heterocycles. The van der Waals surface area contributed by atoms with Gasteiger partial charge in [-0.3, -0.25) is 9.69 Å². The van der Waals surface area contributed by atoms with Crippen molar-refractivity contribution in [1.29, 1.82) is 5.26 Å². The summed E-state index contributed by atoms with van der Waals surface area (Å²) in [5.74, 6) is -0.701. The number of carbonyl (C=O) groups excluding carboxylic acids is 1. The number of anilines is 2. The molecule has 6 nitrogen and oxygen atoms in total. The van der Waals surface area contributed by atoms with Gasteiger partial charge in [0.25, 0.3) is 5.91 Å². The molecule has 2 aliphatic rings. The number of nitriles is 1. The monoisotopic (exact) mass is 522 g/mol. The molecule has 1 unspecified atom stereocenters. The Morgan fingerprint density at radius 3 is 2.44 bits per heavy atom. The Kier molecular flexibility index (Phi) is 7.12. The van der Waals surface area contributed by atoms with Crippen molar-refractivity contribution in [1.82, 2.24) is 5.32 Å². The van der Waals surface area contributed by atoms with E-state index in [4.69, 9.17) is 10.00 Å². The number of rotatable bonds is 5. The van der Waals surface area contributed by atoms with Gasteiger partial charge in [-0.1, -0.05) is 0 Å². The molecule has 1 amide bonds. The summed E-state index contributed by atoms with van der Waals surface area (Å²) in [5, 5.41) is 12.3. The minimum Gasteiger partial charge on any atom is -0.490 e. The van der Waals surface area contributed by atoms with Crippen molar-refractivity contribution in [3.8, 4) is 11.8 Å². The summed E-state index contributed by atoms with van der Waals surface area (Å²) in [5.41, 5.74) is -3.71. The van der Waals surface area contributed by atoms with Gasteiger partial charge in [0.15, 0.2) is 17.1 Å². The van der Waals surface area contributed by atoms with E-state index < -0.39 is 40.1 Å². The van der Waals surface area contributed by atoms with Gasteiger partial charge >= 0.3 is 6.18 Å². The summed E-state index contributed by atoms with van der Waals surface area (Å²) in [4.78, 5) is 16.0. The summed E-state index contributed by atoms with van der Waals surface area (Å²) in [6.45, 7) is 5.38. The largest absolute Gasteiger partial charge is 0.490 e. The minimum atomic E-state index is -4.78. The Labute approximate surface area is 212 Å². The fourth-order valence-corrected chi connectivity index (χ4v) is 5.30. The van der Waals surface area contributed by atoms with E-state index in [0.717, 1.165) is 43.0 Å². The average molecular weight is 523 g/mol. The van der Waals surface area contributed by atoms with Crippen LogP contribution in [0.3, 0.4) is 0 Å². The molecule has 11 heteroatoms. The van der Waals surface area contributed by atoms with Crippen LogP contribution in [-0.4, -0.2) is 36.6 Å². The Balaban J connectivity index is 1.61. The smallest absolute Gasteiger partial charge is 0.417 e. The van der Waals surface area contributed by atoms with Gasteiger partial charge in [-0.05, 0) is 76.0 Å². The van der Waals surface area contributed by atoms with Gasteiger partial charge in [-0.15, -0.1) is 12.6 Å². The van der Waals surface area contributed by atoms with Crippen LogP contribution in [0.4, 0.5) is 28.9 Å². The zero-order chi connectivity index (χ0) is 26.3. The SMILES string of the molecule is CC1(C)C(=O)N(c2ccc(C#N)c(C(F)(F)F)c2)C(S)N1c1ccc(OCC2CCNCC2)c(F)c1. The van der Waals surface area contributed by atoms with Gasteiger partial charge in [-0.2, -0.15) is 18.4 Å². The molecule has 0 saturated carbocycles. The van der Waals surface area contributed by atoms with E-state index in [1.165, 1.54) is 29.2 Å². The molecule has 4 rings (SSSR count). The Morgan fingerprint density at radius 1 is 1.17 bits per heavy atom. The standard InChI is InChI=1S/C25H26F4N4O2S/c1-24(2)22(34)32(17-4-3-16(13-30)19(11-17)25(27,28)29)23(36)33(24)18-5-6-21(20(26)12-18)35-14-15-7-9-31-10-8-15/h3-6,11-12,15,23,31,36H,7-10,14H2,1-2H3. The molecule has 0 aliphatic carbocycles. The average Bonchev–Trinajstić information content (AvgIpc) is 3.01. The van der Waals surface area contributed by atoms with Crippen molar-refractivity contribution in [2.24, 2.45) is 5.92 Å². The number of halogens is 4. The van der Waals surface area contributed by atoms with Crippen LogP contribution in [0.1, 0.15) is 37.8 Å². The first-order chi connectivity index (χ1) is 16.9. The van der Waals surface area contributed by atoms with Crippen LogP contribution in [0.5, 0.6) is 5.75 Å². The lowest BCUT2D eigenvalue weighted by atomic mass is 9.99. The number of nitrogens with one attached hydrogen (secondary N) is 1. The zero-order valence-corrected chi connectivity index (χ0v) is 20.7. The van der Waals surface area contributed by atoms with Gasteiger partial charge in [0.2, 0.25) is 0 Å². The number of hydrogen-bond acceptors (Lipinski definition) is 6. The number of carbonyl (C=O) groups is 1. The lowest BCUT2D eigenvalue weighted by molar-refractivity contribution is -0.137. The molecular weight excluding hydrogens is 496 g/mol. The maximum atomic E-state index is 15.0. The van der Waals surface area contributed by atoms with Gasteiger partial charge in [0.1, 0.15) is 5.54 Å². The molecule has 0 spiro atoms. The Morgan fingerprint density at radius 2 is 1.83 bits per heavy atom. The van der Waals surface area contributed by atoms with E-state index in [1.807, 2.05) is 0 Å². The van der Waals surface area contributed by atoms with E-state index in [9.17, 15) is 22.4 Å². The van der Waals surface area contributed by atoms with Crippen LogP contribution in [0.25, 0.3) is 0 Å². The predicted octanol–water partition coefficient (Wildman–Crippen LogP) is 4.94. The maximum Gasteiger partial charge on any atom is 0.417 e. The van der Waals surface area contributed by atoms with E-state index in [-0.39, 0.29) is 11.4 Å². The quantitative estimate of drug-likeness (QED) is 0.430. The van der Waals surface area contributed by atoms with Crippen molar-refractivity contribution in [2.75, 3.05) is 29.5 Å². The first-order valence-electron chi connectivity index (χ1n) is 11.5. The number of benzene rings is 2. The zero-order valence-electron chi connectivity index (χ0n) is 19.8. The number of thiol groups is 1. The summed E-state index contributed by atoms with van der Waals surface area (Å²) >= 11 is 4.53. The topological polar surface area (TPSA) is 68.6 Å². The minimum absolute atomic E-state index is 0.0655. The third-order valence-electron chi connectivity index (χ3n) is 6.64. The van der Waals surface area contributed by atoms with E-state index in [2.05, 4.69) is 17.9 Å². The van der Waals surface area contributed by atoms with Crippen LogP contribution in [0, 0.1) is 23.1 Å². The molecule has 0 aromatic heterocycles. The predicted molar refractivity (Wildman–Crippen MR) is 130 cm³/mol. The molecule has 2 aromatic rings. The van der Waals surface area contributed by atoms with Gasteiger partial charge in [-0.25, -0.2) is 4.39 Å². The number of hydrogen-bond donors (Lipinski definition) is 2. The van der Waals surface area contributed by atoms with E-state index >= 15 is 0 Å². The van der Waals surface area contributed by atoms with Crippen molar-refractivity contribution in [3.63, 3.8) is 0 Å². The molecule has 1 N–H and O–H groups in total.